The van der Waals surface area contributed by atoms with Gasteiger partial charge in [-0.05, 0) is 42.9 Å². The van der Waals surface area contributed by atoms with Crippen molar-refractivity contribution >= 4 is 11.9 Å². The maximum Gasteiger partial charge on any atom is 0.408 e. The van der Waals surface area contributed by atoms with Gasteiger partial charge in [-0.1, -0.05) is 87.0 Å². The molecule has 1 amide bonds. The van der Waals surface area contributed by atoms with Crippen LogP contribution in [0.2, 0.25) is 0 Å². The summed E-state index contributed by atoms with van der Waals surface area (Å²) in [7, 11) is 0. The largest absolute Gasteiger partial charge is 0.445 e. The summed E-state index contributed by atoms with van der Waals surface area (Å²) >= 11 is 0. The van der Waals surface area contributed by atoms with Crippen LogP contribution in [0.15, 0.2) is 71.8 Å². The van der Waals surface area contributed by atoms with Crippen LogP contribution in [-0.2, 0) is 25.8 Å². The van der Waals surface area contributed by atoms with E-state index >= 15 is 0 Å². The number of rotatable bonds is 8. The standard InChI is InChI=1S/C38H49NO11/c1-20-24(31(50-47)30(42)28(23-14-10-7-11-15-23)39-34(44)48-18-22-12-8-6-9-13-22)17-38(46)21(2)32-36(5,25(40)16-26-37(32,45)19-49-26)33(43)29(41)27(20)35(38,3)4/h6-15,21,24-26,28-32,40-42,45-47H,16-19H2,1-5H3,(H,39,44)/t21?,24?,25?,26?,28?,29?,30?,31?,32?,36-,37+,38?/m1/s1. The minimum atomic E-state index is -1.80. The molecule has 1 heterocycles. The van der Waals surface area contributed by atoms with Crippen LogP contribution in [0, 0.1) is 28.6 Å². The molecule has 6 rings (SSSR count). The van der Waals surface area contributed by atoms with E-state index in [-0.39, 0.29) is 31.6 Å². The molecule has 12 nitrogen and oxygen atoms in total. The Morgan fingerprint density at radius 3 is 2.24 bits per heavy atom. The molecular formula is C38H49NO11. The van der Waals surface area contributed by atoms with Crippen LogP contribution in [0.1, 0.15) is 64.6 Å². The van der Waals surface area contributed by atoms with Crippen LogP contribution in [0.5, 0.6) is 0 Å². The predicted molar refractivity (Wildman–Crippen MR) is 179 cm³/mol. The minimum Gasteiger partial charge on any atom is -0.445 e. The third kappa shape index (κ3) is 5.43. The Morgan fingerprint density at radius 2 is 1.66 bits per heavy atom. The van der Waals surface area contributed by atoms with Crippen LogP contribution in [0.4, 0.5) is 4.79 Å². The molecule has 0 radical (unpaired) electrons. The van der Waals surface area contributed by atoms with Crippen LogP contribution >= 0.6 is 0 Å². The molecule has 2 bridgehead atoms. The quantitative estimate of drug-likeness (QED) is 0.122. The van der Waals surface area contributed by atoms with Gasteiger partial charge in [-0.25, -0.2) is 9.68 Å². The first-order valence-electron chi connectivity index (χ1n) is 17.2. The van der Waals surface area contributed by atoms with Gasteiger partial charge in [-0.3, -0.25) is 10.1 Å². The molecule has 7 N–H and O–H groups in total. The molecule has 1 saturated heterocycles. The molecule has 12 heteroatoms. The SMILES string of the molecule is CC1=C2C(O)C(=O)[C@]3(C)C(O)CC4OC[C@@]4(O)C3C(C)C(O)(CC1C(OO)C(O)C(NC(=O)OCc1ccccc1)c1ccccc1)C2(C)C. The Labute approximate surface area is 291 Å². The molecule has 2 saturated carbocycles. The number of benzene rings is 2. The molecule has 4 aliphatic rings. The topological polar surface area (TPSA) is 195 Å². The molecular weight excluding hydrogens is 646 g/mol. The molecule has 0 aromatic heterocycles. The number of fused-ring (bicyclic) bond motifs is 5. The van der Waals surface area contributed by atoms with Crippen LogP contribution < -0.4 is 5.32 Å². The summed E-state index contributed by atoms with van der Waals surface area (Å²) in [6.45, 7) is 8.22. The first-order valence-corrected chi connectivity index (χ1v) is 17.2. The lowest BCUT2D eigenvalue weighted by atomic mass is 9.42. The van der Waals surface area contributed by atoms with Crippen molar-refractivity contribution in [3.63, 3.8) is 0 Å². The monoisotopic (exact) mass is 695 g/mol. The zero-order valence-electron chi connectivity index (χ0n) is 29.0. The van der Waals surface area contributed by atoms with Crippen molar-refractivity contribution in [3.8, 4) is 0 Å². The second-order valence-electron chi connectivity index (χ2n) is 15.5. The fourth-order valence-electron chi connectivity index (χ4n) is 9.91. The molecule has 10 unspecified atom stereocenters. The van der Waals surface area contributed by atoms with E-state index in [1.807, 2.05) is 18.2 Å². The third-order valence-corrected chi connectivity index (χ3v) is 12.8. The summed E-state index contributed by atoms with van der Waals surface area (Å²) < 4.78 is 11.1. The smallest absolute Gasteiger partial charge is 0.408 e. The summed E-state index contributed by atoms with van der Waals surface area (Å²) in [5.74, 6) is -3.59. The molecule has 2 aromatic rings. The zero-order valence-corrected chi connectivity index (χ0v) is 29.0. The Balaban J connectivity index is 1.40. The molecule has 2 aromatic carbocycles. The maximum atomic E-state index is 14.5. The lowest BCUT2D eigenvalue weighted by molar-refractivity contribution is -0.339. The van der Waals surface area contributed by atoms with E-state index in [0.29, 0.717) is 11.1 Å². The van der Waals surface area contributed by atoms with Gasteiger partial charge in [0.2, 0.25) is 0 Å². The molecule has 0 spiro atoms. The average Bonchev–Trinajstić information content (AvgIpc) is 3.09. The fourth-order valence-corrected chi connectivity index (χ4v) is 9.91. The number of aliphatic hydroxyl groups is 5. The molecule has 3 fully saturated rings. The third-order valence-electron chi connectivity index (χ3n) is 12.8. The molecule has 50 heavy (non-hydrogen) atoms. The van der Waals surface area contributed by atoms with Gasteiger partial charge in [-0.15, -0.1) is 0 Å². The van der Waals surface area contributed by atoms with Gasteiger partial charge in [-0.2, -0.15) is 0 Å². The van der Waals surface area contributed by atoms with Crippen molar-refractivity contribution in [1.29, 1.82) is 0 Å². The number of hydrogen-bond donors (Lipinski definition) is 7. The van der Waals surface area contributed by atoms with Gasteiger partial charge in [0, 0.05) is 23.7 Å². The Bertz CT molecular complexity index is 1620. The highest BCUT2D eigenvalue weighted by atomic mass is 17.1. The number of ketones is 1. The lowest BCUT2D eigenvalue weighted by Gasteiger charge is -2.67. The van der Waals surface area contributed by atoms with Crippen molar-refractivity contribution < 1.29 is 54.7 Å². The summed E-state index contributed by atoms with van der Waals surface area (Å²) in [4.78, 5) is 32.6. The Kier molecular flexibility index (Phi) is 9.58. The number of carbonyl (C=O) groups excluding carboxylic acids is 2. The van der Waals surface area contributed by atoms with Gasteiger partial charge in [0.05, 0.1) is 35.9 Å². The van der Waals surface area contributed by atoms with E-state index in [1.54, 1.807) is 70.2 Å². The van der Waals surface area contributed by atoms with Crippen LogP contribution in [0.25, 0.3) is 0 Å². The predicted octanol–water partition coefficient (Wildman–Crippen LogP) is 3.06. The van der Waals surface area contributed by atoms with E-state index < -0.39 is 88.2 Å². The maximum absolute atomic E-state index is 14.5. The number of carbonyl (C=O) groups is 2. The number of nitrogens with one attached hydrogen (secondary N) is 1. The number of ether oxygens (including phenoxy) is 2. The summed E-state index contributed by atoms with van der Waals surface area (Å²) in [6, 6.07) is 16.5. The van der Waals surface area contributed by atoms with Gasteiger partial charge < -0.3 is 40.3 Å². The number of alkyl carbamates (subject to hydrolysis) is 1. The number of amides is 1. The Hall–Kier alpha value is -3.20. The summed E-state index contributed by atoms with van der Waals surface area (Å²) in [5.41, 5.74) is -4.43. The normalized spacial score (nSPS) is 37.9. The van der Waals surface area contributed by atoms with Crippen LogP contribution in [0.3, 0.4) is 0 Å². The number of aliphatic hydroxyl groups excluding tert-OH is 3. The van der Waals surface area contributed by atoms with Gasteiger partial charge in [0.25, 0.3) is 0 Å². The minimum absolute atomic E-state index is 0.00850. The highest BCUT2D eigenvalue weighted by Gasteiger charge is 2.74. The number of Topliss-reactive ketones (excluding diaryl/α,β-unsaturated/α-hetero) is 1. The van der Waals surface area contributed by atoms with Gasteiger partial charge in [0.15, 0.2) is 5.78 Å². The van der Waals surface area contributed by atoms with Crippen LogP contribution in [-0.4, -0.2) is 91.0 Å². The zero-order chi connectivity index (χ0) is 36.4. The molecule has 272 valence electrons. The van der Waals surface area contributed by atoms with E-state index in [2.05, 4.69) is 5.32 Å². The molecule has 1 aliphatic heterocycles. The second kappa shape index (κ2) is 13.1. The van der Waals surface area contributed by atoms with Crippen molar-refractivity contribution in [2.45, 2.75) is 102 Å². The van der Waals surface area contributed by atoms with Crippen molar-refractivity contribution in [3.05, 3.63) is 82.9 Å². The number of hydrogen-bond acceptors (Lipinski definition) is 11. The van der Waals surface area contributed by atoms with E-state index in [9.17, 15) is 40.4 Å². The van der Waals surface area contributed by atoms with Crippen molar-refractivity contribution in [2.75, 3.05) is 6.61 Å². The lowest BCUT2D eigenvalue weighted by Crippen LogP contribution is -2.78. The summed E-state index contributed by atoms with van der Waals surface area (Å²) in [6.07, 6.45) is -7.94. The van der Waals surface area contributed by atoms with E-state index in [1.165, 1.54) is 6.92 Å². The fraction of sp³-hybridized carbons (Fsp3) is 0.579. The highest BCUT2D eigenvalue weighted by molar-refractivity contribution is 5.93. The highest BCUT2D eigenvalue weighted by Crippen LogP contribution is 2.65. The Morgan fingerprint density at radius 1 is 1.04 bits per heavy atom. The van der Waals surface area contributed by atoms with Crippen molar-refractivity contribution in [2.24, 2.45) is 28.6 Å². The average molecular weight is 696 g/mol. The molecule has 12 atom stereocenters. The second-order valence-corrected chi connectivity index (χ2v) is 15.5. The van der Waals surface area contributed by atoms with E-state index in [0.717, 1.165) is 5.56 Å². The first kappa shape index (κ1) is 36.6. The van der Waals surface area contributed by atoms with Crippen molar-refractivity contribution in [1.82, 2.24) is 5.32 Å². The first-order chi connectivity index (χ1) is 23.5. The summed E-state index contributed by atoms with van der Waals surface area (Å²) in [5, 5.41) is 73.6. The van der Waals surface area contributed by atoms with Gasteiger partial charge >= 0.3 is 6.09 Å². The molecule has 3 aliphatic carbocycles. The van der Waals surface area contributed by atoms with E-state index in [4.69, 9.17) is 14.4 Å². The van der Waals surface area contributed by atoms with Gasteiger partial charge in [0.1, 0.15) is 30.5 Å².